The molecular formula is C17H17N3O3. The second kappa shape index (κ2) is 6.39. The highest BCUT2D eigenvalue weighted by Gasteiger charge is 2.23. The van der Waals surface area contributed by atoms with Crippen LogP contribution in [0.15, 0.2) is 48.5 Å². The van der Waals surface area contributed by atoms with Gasteiger partial charge in [0, 0.05) is 23.2 Å². The van der Waals surface area contributed by atoms with Crippen molar-refractivity contribution in [2.75, 3.05) is 11.9 Å². The van der Waals surface area contributed by atoms with Gasteiger partial charge in [0.1, 0.15) is 5.75 Å². The third-order valence-corrected chi connectivity index (χ3v) is 3.66. The van der Waals surface area contributed by atoms with E-state index >= 15 is 0 Å². The lowest BCUT2D eigenvalue weighted by Crippen LogP contribution is -2.32. The fraction of sp³-hybridized carbons (Fsp3) is 0.176. The van der Waals surface area contributed by atoms with Gasteiger partial charge in [-0.15, -0.1) is 0 Å². The van der Waals surface area contributed by atoms with Crippen LogP contribution >= 0.6 is 0 Å². The van der Waals surface area contributed by atoms with Crippen LogP contribution in [0, 0.1) is 0 Å². The van der Waals surface area contributed by atoms with Gasteiger partial charge in [-0.3, -0.25) is 4.79 Å². The van der Waals surface area contributed by atoms with Gasteiger partial charge in [0.25, 0.3) is 5.91 Å². The number of amides is 3. The molecule has 3 amide bonds. The number of rotatable bonds is 3. The van der Waals surface area contributed by atoms with Crippen LogP contribution in [0.4, 0.5) is 10.5 Å². The summed E-state index contributed by atoms with van der Waals surface area (Å²) in [6.07, 6.45) is 0.710. The average molecular weight is 311 g/mol. The van der Waals surface area contributed by atoms with E-state index < -0.39 is 6.03 Å². The van der Waals surface area contributed by atoms with Gasteiger partial charge < -0.3 is 21.1 Å². The normalized spacial score (nSPS) is 15.9. The smallest absolute Gasteiger partial charge is 0.316 e. The molecular weight excluding hydrogens is 294 g/mol. The molecule has 2 aromatic rings. The number of carbonyl (C=O) groups excluding carboxylic acids is 2. The van der Waals surface area contributed by atoms with Crippen LogP contribution in [0.2, 0.25) is 0 Å². The fourth-order valence-corrected chi connectivity index (χ4v) is 2.61. The molecule has 0 bridgehead atoms. The zero-order valence-corrected chi connectivity index (χ0v) is 12.4. The number of hydrogen-bond acceptors (Lipinski definition) is 3. The van der Waals surface area contributed by atoms with E-state index in [9.17, 15) is 9.59 Å². The Balaban J connectivity index is 1.76. The van der Waals surface area contributed by atoms with Crippen LogP contribution in [0.1, 0.15) is 28.4 Å². The van der Waals surface area contributed by atoms with Gasteiger partial charge in [0.05, 0.1) is 12.6 Å². The molecule has 1 heterocycles. The summed E-state index contributed by atoms with van der Waals surface area (Å²) in [5.74, 6) is 0.591. The standard InChI is InChI=1S/C17H17N3O3/c18-17(22)19-12-5-3-4-11(10-12)16(21)20-14-8-9-23-15-7-2-1-6-13(14)15/h1-7,10,14H,8-9H2,(H,20,21)(H3,18,19,22)/t14-/m1/s1. The number of primary amides is 1. The van der Waals surface area contributed by atoms with Crippen molar-refractivity contribution in [3.63, 3.8) is 0 Å². The molecule has 0 aromatic heterocycles. The third-order valence-electron chi connectivity index (χ3n) is 3.66. The Bertz CT molecular complexity index is 745. The van der Waals surface area contributed by atoms with Crippen molar-refractivity contribution in [3.05, 3.63) is 59.7 Å². The van der Waals surface area contributed by atoms with Gasteiger partial charge in [-0.1, -0.05) is 24.3 Å². The number of anilines is 1. The largest absolute Gasteiger partial charge is 0.493 e. The van der Waals surface area contributed by atoms with Gasteiger partial charge in [0.15, 0.2) is 0 Å². The molecule has 6 nitrogen and oxygen atoms in total. The first-order chi connectivity index (χ1) is 11.1. The van der Waals surface area contributed by atoms with Crippen LogP contribution in [-0.2, 0) is 0 Å². The molecule has 23 heavy (non-hydrogen) atoms. The second-order valence-corrected chi connectivity index (χ2v) is 5.27. The van der Waals surface area contributed by atoms with Crippen LogP contribution in [0.25, 0.3) is 0 Å². The first-order valence-corrected chi connectivity index (χ1v) is 7.32. The molecule has 0 radical (unpaired) electrons. The predicted molar refractivity (Wildman–Crippen MR) is 86.4 cm³/mol. The number of carbonyl (C=O) groups is 2. The molecule has 1 aliphatic rings. The molecule has 1 aliphatic heterocycles. The van der Waals surface area contributed by atoms with Gasteiger partial charge in [-0.25, -0.2) is 4.79 Å². The Hall–Kier alpha value is -3.02. The molecule has 0 unspecified atom stereocenters. The maximum Gasteiger partial charge on any atom is 0.316 e. The van der Waals surface area contributed by atoms with Gasteiger partial charge in [-0.05, 0) is 24.3 Å². The zero-order chi connectivity index (χ0) is 16.2. The highest BCUT2D eigenvalue weighted by atomic mass is 16.5. The number of nitrogens with two attached hydrogens (primary N) is 1. The highest BCUT2D eigenvalue weighted by molar-refractivity contribution is 5.96. The van der Waals surface area contributed by atoms with Crippen molar-refractivity contribution in [1.82, 2.24) is 5.32 Å². The summed E-state index contributed by atoms with van der Waals surface area (Å²) in [6, 6.07) is 13.5. The fourth-order valence-electron chi connectivity index (χ4n) is 2.61. The number of urea groups is 1. The number of ether oxygens (including phenoxy) is 1. The minimum atomic E-state index is -0.666. The lowest BCUT2D eigenvalue weighted by molar-refractivity contribution is 0.0925. The Labute approximate surface area is 133 Å². The summed E-state index contributed by atoms with van der Waals surface area (Å²) in [6.45, 7) is 0.561. The highest BCUT2D eigenvalue weighted by Crippen LogP contribution is 2.31. The van der Waals surface area contributed by atoms with Crippen LogP contribution in [0.3, 0.4) is 0 Å². The Morgan fingerprint density at radius 3 is 2.78 bits per heavy atom. The molecule has 4 N–H and O–H groups in total. The molecule has 118 valence electrons. The summed E-state index contributed by atoms with van der Waals surface area (Å²) in [5, 5.41) is 5.47. The zero-order valence-electron chi connectivity index (χ0n) is 12.4. The average Bonchev–Trinajstić information content (AvgIpc) is 2.55. The van der Waals surface area contributed by atoms with E-state index in [2.05, 4.69) is 10.6 Å². The van der Waals surface area contributed by atoms with Crippen molar-refractivity contribution in [2.24, 2.45) is 5.73 Å². The molecule has 3 rings (SSSR count). The Morgan fingerprint density at radius 1 is 1.13 bits per heavy atom. The van der Waals surface area contributed by atoms with E-state index in [1.54, 1.807) is 24.3 Å². The first-order valence-electron chi connectivity index (χ1n) is 7.32. The summed E-state index contributed by atoms with van der Waals surface area (Å²) in [4.78, 5) is 23.4. The van der Waals surface area contributed by atoms with Crippen molar-refractivity contribution < 1.29 is 14.3 Å². The SMILES string of the molecule is NC(=O)Nc1cccc(C(=O)N[C@@H]2CCOc3ccccc32)c1. The lowest BCUT2D eigenvalue weighted by Gasteiger charge is -2.26. The summed E-state index contributed by atoms with van der Waals surface area (Å²) >= 11 is 0. The van der Waals surface area contributed by atoms with E-state index in [-0.39, 0.29) is 11.9 Å². The lowest BCUT2D eigenvalue weighted by atomic mass is 10.00. The van der Waals surface area contributed by atoms with E-state index in [1.165, 1.54) is 0 Å². The van der Waals surface area contributed by atoms with Gasteiger partial charge >= 0.3 is 6.03 Å². The molecule has 6 heteroatoms. The molecule has 0 saturated carbocycles. The molecule has 0 spiro atoms. The maximum absolute atomic E-state index is 12.5. The monoisotopic (exact) mass is 311 g/mol. The molecule has 0 fully saturated rings. The number of nitrogens with one attached hydrogen (secondary N) is 2. The maximum atomic E-state index is 12.5. The molecule has 2 aromatic carbocycles. The second-order valence-electron chi connectivity index (χ2n) is 5.27. The van der Waals surface area contributed by atoms with E-state index in [4.69, 9.17) is 10.5 Å². The number of fused-ring (bicyclic) bond motifs is 1. The predicted octanol–water partition coefficient (Wildman–Crippen LogP) is 2.43. The quantitative estimate of drug-likeness (QED) is 0.812. The summed E-state index contributed by atoms with van der Waals surface area (Å²) in [5.41, 5.74) is 7.00. The Kier molecular flexibility index (Phi) is 4.14. The van der Waals surface area contributed by atoms with Gasteiger partial charge in [-0.2, -0.15) is 0 Å². The van der Waals surface area contributed by atoms with Crippen molar-refractivity contribution in [3.8, 4) is 5.75 Å². The van der Waals surface area contributed by atoms with Crippen LogP contribution in [-0.4, -0.2) is 18.5 Å². The number of para-hydroxylation sites is 1. The Morgan fingerprint density at radius 2 is 1.96 bits per heavy atom. The van der Waals surface area contributed by atoms with E-state index in [0.717, 1.165) is 11.3 Å². The van der Waals surface area contributed by atoms with Crippen molar-refractivity contribution in [1.29, 1.82) is 0 Å². The van der Waals surface area contributed by atoms with E-state index in [0.29, 0.717) is 24.3 Å². The molecule has 0 aliphatic carbocycles. The van der Waals surface area contributed by atoms with Crippen molar-refractivity contribution in [2.45, 2.75) is 12.5 Å². The topological polar surface area (TPSA) is 93.5 Å². The number of benzene rings is 2. The van der Waals surface area contributed by atoms with Crippen molar-refractivity contribution >= 4 is 17.6 Å². The van der Waals surface area contributed by atoms with Gasteiger partial charge in [0.2, 0.25) is 0 Å². The molecule has 1 atom stereocenters. The summed E-state index contributed by atoms with van der Waals surface area (Å²) < 4.78 is 5.59. The minimum absolute atomic E-state index is 0.0970. The molecule has 0 saturated heterocycles. The summed E-state index contributed by atoms with van der Waals surface area (Å²) in [7, 11) is 0. The van der Waals surface area contributed by atoms with Crippen LogP contribution in [0.5, 0.6) is 5.75 Å². The van der Waals surface area contributed by atoms with E-state index in [1.807, 2.05) is 24.3 Å². The number of hydrogen-bond donors (Lipinski definition) is 3. The first kappa shape index (κ1) is 14.9. The van der Waals surface area contributed by atoms with Crippen LogP contribution < -0.4 is 21.1 Å². The third kappa shape index (κ3) is 3.42. The minimum Gasteiger partial charge on any atom is -0.493 e.